The maximum Gasteiger partial charge on any atom is 0.335 e. The van der Waals surface area contributed by atoms with E-state index in [-0.39, 0.29) is 5.97 Å². The Hall–Kier alpha value is -2.49. The molecule has 2 aromatic rings. The van der Waals surface area contributed by atoms with Crippen molar-refractivity contribution in [3.63, 3.8) is 0 Å². The minimum absolute atomic E-state index is 0.369. The number of allylic oxidation sites excluding steroid dienone is 1. The van der Waals surface area contributed by atoms with Crippen LogP contribution in [-0.2, 0) is 11.2 Å². The molecular weight excluding hydrogens is 420 g/mol. The number of benzene rings is 1. The quantitative estimate of drug-likeness (QED) is 0.126. The van der Waals surface area contributed by atoms with Crippen LogP contribution < -0.4 is 4.74 Å². The molecule has 186 valence electrons. The molecule has 2 rings (SSSR count). The van der Waals surface area contributed by atoms with E-state index in [0.29, 0.717) is 11.6 Å². The molecule has 0 aliphatic heterocycles. The Kier molecular flexibility index (Phi) is 14.6. The van der Waals surface area contributed by atoms with Crippen molar-refractivity contribution < 1.29 is 9.53 Å². The highest BCUT2D eigenvalue weighted by molar-refractivity contribution is 5.83. The summed E-state index contributed by atoms with van der Waals surface area (Å²) >= 11 is 0. The van der Waals surface area contributed by atoms with E-state index in [1.54, 1.807) is 12.4 Å². The lowest BCUT2D eigenvalue weighted by molar-refractivity contribution is -0.129. The number of nitrogens with zero attached hydrogens (tertiary/aromatic N) is 2. The molecule has 0 spiro atoms. The van der Waals surface area contributed by atoms with Crippen LogP contribution in [0.2, 0.25) is 0 Å². The summed E-state index contributed by atoms with van der Waals surface area (Å²) in [6, 6.07) is 8.46. The molecule has 1 aromatic carbocycles. The zero-order chi connectivity index (χ0) is 24.3. The molecule has 0 bridgehead atoms. The first-order valence-electron chi connectivity index (χ1n) is 13.5. The van der Waals surface area contributed by atoms with Crippen molar-refractivity contribution in [1.29, 1.82) is 0 Å². The van der Waals surface area contributed by atoms with Crippen LogP contribution in [0.1, 0.15) is 109 Å². The number of aryl methyl sites for hydroxylation is 1. The Morgan fingerprint density at radius 1 is 0.765 bits per heavy atom. The first-order chi connectivity index (χ1) is 16.7. The number of carbonyl (C=O) groups is 1. The predicted molar refractivity (Wildman–Crippen MR) is 142 cm³/mol. The van der Waals surface area contributed by atoms with E-state index in [1.807, 2.05) is 6.08 Å². The molecule has 0 aliphatic carbocycles. The van der Waals surface area contributed by atoms with Crippen LogP contribution in [-0.4, -0.2) is 15.9 Å². The number of rotatable bonds is 18. The van der Waals surface area contributed by atoms with Crippen LogP contribution in [0.4, 0.5) is 0 Å². The van der Waals surface area contributed by atoms with Crippen molar-refractivity contribution in [2.75, 3.05) is 0 Å². The topological polar surface area (TPSA) is 52.1 Å². The Morgan fingerprint density at radius 3 is 1.94 bits per heavy atom. The number of aromatic nitrogens is 2. The maximum absolute atomic E-state index is 12.0. The van der Waals surface area contributed by atoms with Gasteiger partial charge in [0.15, 0.2) is 11.6 Å². The second kappa shape index (κ2) is 17.9. The van der Waals surface area contributed by atoms with E-state index < -0.39 is 0 Å². The molecule has 4 heteroatoms. The summed E-state index contributed by atoms with van der Waals surface area (Å²) in [5.41, 5.74) is 2.33. The summed E-state index contributed by atoms with van der Waals surface area (Å²) in [7, 11) is 0. The highest BCUT2D eigenvalue weighted by Gasteiger charge is 2.05. The largest absolute Gasteiger partial charge is 0.420 e. The lowest BCUT2D eigenvalue weighted by Gasteiger charge is -2.05. The Morgan fingerprint density at radius 2 is 1.32 bits per heavy atom. The molecule has 0 saturated heterocycles. The zero-order valence-corrected chi connectivity index (χ0v) is 21.4. The number of hydrogen-bond donors (Lipinski definition) is 0. The van der Waals surface area contributed by atoms with Gasteiger partial charge in [-0.1, -0.05) is 115 Å². The maximum atomic E-state index is 12.0. The van der Waals surface area contributed by atoms with Crippen molar-refractivity contribution in [3.05, 3.63) is 54.4 Å². The monoisotopic (exact) mass is 464 g/mol. The standard InChI is InChI=1S/C30H44N2O2/c1-3-5-7-9-11-12-13-15-17-19-29(33)34-28-24-31-30(32-25-28)27-22-20-26(21-23-27)18-16-14-10-8-6-4-2/h17,19-25H,3-16,18H2,1-2H3/b19-17+. The van der Waals surface area contributed by atoms with Gasteiger partial charge in [0.25, 0.3) is 0 Å². The molecule has 4 nitrogen and oxygen atoms in total. The van der Waals surface area contributed by atoms with Crippen LogP contribution in [0.5, 0.6) is 5.75 Å². The van der Waals surface area contributed by atoms with Gasteiger partial charge in [0.05, 0.1) is 12.4 Å². The minimum atomic E-state index is -0.377. The summed E-state index contributed by atoms with van der Waals surface area (Å²) in [5.74, 6) is 0.632. The third kappa shape index (κ3) is 12.1. The van der Waals surface area contributed by atoms with Gasteiger partial charge >= 0.3 is 5.97 Å². The lowest BCUT2D eigenvalue weighted by atomic mass is 10.0. The number of carbonyl (C=O) groups excluding carboxylic acids is 1. The third-order valence-electron chi connectivity index (χ3n) is 6.11. The van der Waals surface area contributed by atoms with E-state index >= 15 is 0 Å². The first-order valence-corrected chi connectivity index (χ1v) is 13.5. The first kappa shape index (κ1) is 27.8. The number of ether oxygens (including phenoxy) is 1. The van der Waals surface area contributed by atoms with Gasteiger partial charge in [0.2, 0.25) is 0 Å². The molecule has 0 aliphatic rings. The van der Waals surface area contributed by atoms with E-state index in [1.165, 1.54) is 88.7 Å². The van der Waals surface area contributed by atoms with Crippen LogP contribution in [0, 0.1) is 0 Å². The predicted octanol–water partition coefficient (Wildman–Crippen LogP) is 8.65. The summed E-state index contributed by atoms with van der Waals surface area (Å²) in [6.45, 7) is 4.49. The van der Waals surface area contributed by atoms with Gasteiger partial charge in [-0.25, -0.2) is 14.8 Å². The molecule has 0 atom stereocenters. The number of hydrogen-bond acceptors (Lipinski definition) is 4. The van der Waals surface area contributed by atoms with Crippen molar-refractivity contribution in [1.82, 2.24) is 9.97 Å². The fourth-order valence-corrected chi connectivity index (χ4v) is 4.00. The molecular formula is C30H44N2O2. The van der Waals surface area contributed by atoms with Crippen molar-refractivity contribution in [2.24, 2.45) is 0 Å². The summed E-state index contributed by atoms with van der Waals surface area (Å²) in [6.07, 6.45) is 25.3. The van der Waals surface area contributed by atoms with Crippen LogP contribution in [0.25, 0.3) is 11.4 Å². The normalized spacial score (nSPS) is 11.2. The fourth-order valence-electron chi connectivity index (χ4n) is 4.00. The highest BCUT2D eigenvalue weighted by Crippen LogP contribution is 2.19. The van der Waals surface area contributed by atoms with Gasteiger partial charge in [0, 0.05) is 11.6 Å². The van der Waals surface area contributed by atoms with Gasteiger partial charge < -0.3 is 4.74 Å². The van der Waals surface area contributed by atoms with Gasteiger partial charge in [-0.3, -0.25) is 0 Å². The van der Waals surface area contributed by atoms with Crippen molar-refractivity contribution in [2.45, 2.75) is 110 Å². The van der Waals surface area contributed by atoms with Crippen LogP contribution in [0.15, 0.2) is 48.8 Å². The Bertz CT molecular complexity index is 813. The Labute approximate surface area is 207 Å². The number of unbranched alkanes of at least 4 members (excludes halogenated alkanes) is 12. The molecule has 0 saturated carbocycles. The fraction of sp³-hybridized carbons (Fsp3) is 0.567. The smallest absolute Gasteiger partial charge is 0.335 e. The van der Waals surface area contributed by atoms with E-state index in [0.717, 1.165) is 24.8 Å². The molecule has 0 amide bonds. The van der Waals surface area contributed by atoms with Gasteiger partial charge in [0.1, 0.15) is 0 Å². The molecule has 0 fully saturated rings. The van der Waals surface area contributed by atoms with Gasteiger partial charge in [-0.05, 0) is 31.2 Å². The Balaban J connectivity index is 1.67. The molecule has 0 unspecified atom stereocenters. The molecule has 1 heterocycles. The molecule has 1 aromatic heterocycles. The minimum Gasteiger partial charge on any atom is -0.420 e. The summed E-state index contributed by atoms with van der Waals surface area (Å²) in [5, 5.41) is 0. The molecule has 0 N–H and O–H groups in total. The summed E-state index contributed by atoms with van der Waals surface area (Å²) in [4.78, 5) is 20.8. The van der Waals surface area contributed by atoms with Crippen molar-refractivity contribution >= 4 is 5.97 Å². The highest BCUT2D eigenvalue weighted by atomic mass is 16.5. The van der Waals surface area contributed by atoms with Crippen LogP contribution >= 0.6 is 0 Å². The van der Waals surface area contributed by atoms with E-state index in [4.69, 9.17) is 4.74 Å². The average molecular weight is 465 g/mol. The van der Waals surface area contributed by atoms with Gasteiger partial charge in [-0.15, -0.1) is 0 Å². The average Bonchev–Trinajstić information content (AvgIpc) is 2.86. The number of esters is 1. The van der Waals surface area contributed by atoms with Crippen LogP contribution in [0.3, 0.4) is 0 Å². The second-order valence-electron chi connectivity index (χ2n) is 9.19. The lowest BCUT2D eigenvalue weighted by Crippen LogP contribution is -2.04. The second-order valence-corrected chi connectivity index (χ2v) is 9.19. The van der Waals surface area contributed by atoms with E-state index in [9.17, 15) is 4.79 Å². The van der Waals surface area contributed by atoms with Gasteiger partial charge in [-0.2, -0.15) is 0 Å². The molecule has 0 radical (unpaired) electrons. The van der Waals surface area contributed by atoms with Crippen molar-refractivity contribution in [3.8, 4) is 17.1 Å². The SMILES string of the molecule is CCCCCCCCC/C=C/C(=O)Oc1cnc(-c2ccc(CCCCCCCC)cc2)nc1. The third-order valence-corrected chi connectivity index (χ3v) is 6.11. The molecule has 34 heavy (non-hydrogen) atoms. The zero-order valence-electron chi connectivity index (χ0n) is 21.4. The van der Waals surface area contributed by atoms with E-state index in [2.05, 4.69) is 48.1 Å². The summed E-state index contributed by atoms with van der Waals surface area (Å²) < 4.78 is 5.32.